The maximum Gasteiger partial charge on any atom is 0.419 e. The summed E-state index contributed by atoms with van der Waals surface area (Å²) in [7, 11) is 0. The highest BCUT2D eigenvalue weighted by Crippen LogP contribution is 2.31. The average Bonchev–Trinajstić information content (AvgIpc) is 2.90. The van der Waals surface area contributed by atoms with Gasteiger partial charge in [-0.2, -0.15) is 18.4 Å². The molecule has 3 rings (SSSR count). The molecule has 0 aliphatic heterocycles. The van der Waals surface area contributed by atoms with Gasteiger partial charge >= 0.3 is 6.18 Å². The van der Waals surface area contributed by atoms with Gasteiger partial charge in [0.1, 0.15) is 17.7 Å². The van der Waals surface area contributed by atoms with Crippen LogP contribution in [0.3, 0.4) is 0 Å². The van der Waals surface area contributed by atoms with E-state index in [0.29, 0.717) is 24.4 Å². The number of alkyl halides is 3. The van der Waals surface area contributed by atoms with E-state index in [1.807, 2.05) is 43.3 Å². The number of halogens is 4. The number of hydrogen-bond donors (Lipinski definition) is 1. The summed E-state index contributed by atoms with van der Waals surface area (Å²) in [6.07, 6.45) is -4.23. The number of aromatic nitrogens is 2. The number of carbonyl (C=O) groups is 1. The van der Waals surface area contributed by atoms with Crippen LogP contribution >= 0.6 is 0 Å². The van der Waals surface area contributed by atoms with Crippen LogP contribution in [0, 0.1) is 30.0 Å². The fourth-order valence-corrected chi connectivity index (χ4v) is 4.26. The molecule has 1 unspecified atom stereocenters. The average molecular weight is 544 g/mol. The number of nitrogens with two attached hydrogens (primary N) is 1. The van der Waals surface area contributed by atoms with Gasteiger partial charge < -0.3 is 10.6 Å². The molecular formula is C28H29F4N5O2. The summed E-state index contributed by atoms with van der Waals surface area (Å²) in [4.78, 5) is 32.1. The van der Waals surface area contributed by atoms with E-state index in [1.165, 1.54) is 9.47 Å². The van der Waals surface area contributed by atoms with Gasteiger partial charge in [0, 0.05) is 25.1 Å². The van der Waals surface area contributed by atoms with E-state index in [0.717, 1.165) is 11.6 Å². The summed E-state index contributed by atoms with van der Waals surface area (Å²) in [5.74, 6) is -2.09. The smallest absolute Gasteiger partial charge is 0.338 e. The predicted molar refractivity (Wildman–Crippen MR) is 137 cm³/mol. The van der Waals surface area contributed by atoms with Crippen molar-refractivity contribution in [2.45, 2.75) is 39.4 Å². The molecule has 1 atom stereocenters. The molecule has 0 radical (unpaired) electrons. The molecule has 0 saturated heterocycles. The molecule has 0 aliphatic rings. The van der Waals surface area contributed by atoms with Gasteiger partial charge in [-0.3, -0.25) is 14.2 Å². The lowest BCUT2D eigenvalue weighted by molar-refractivity contribution is -0.140. The van der Waals surface area contributed by atoms with Gasteiger partial charge in [-0.1, -0.05) is 37.3 Å². The molecule has 2 aromatic carbocycles. The molecule has 0 saturated carbocycles. The molecule has 0 spiro atoms. The fraction of sp³-hybridized carbons (Fsp3) is 0.357. The highest BCUT2D eigenvalue weighted by molar-refractivity contribution is 5.94. The van der Waals surface area contributed by atoms with Crippen molar-refractivity contribution in [2.75, 3.05) is 19.6 Å². The van der Waals surface area contributed by atoms with E-state index in [2.05, 4.69) is 4.98 Å². The van der Waals surface area contributed by atoms with E-state index in [4.69, 9.17) is 5.73 Å². The molecule has 7 nitrogen and oxygen atoms in total. The lowest BCUT2D eigenvalue weighted by atomic mass is 10.0. The Kier molecular flexibility index (Phi) is 9.59. The van der Waals surface area contributed by atoms with Crippen molar-refractivity contribution in [1.82, 2.24) is 14.5 Å². The summed E-state index contributed by atoms with van der Waals surface area (Å²) < 4.78 is 54.5. The second-order valence-corrected chi connectivity index (χ2v) is 9.39. The van der Waals surface area contributed by atoms with E-state index in [-0.39, 0.29) is 60.9 Å². The summed E-state index contributed by atoms with van der Waals surface area (Å²) in [5, 5.41) is 9.49. The Hall–Kier alpha value is -4.04. The third kappa shape index (κ3) is 7.29. The number of amides is 1. The van der Waals surface area contributed by atoms with Crippen molar-refractivity contribution in [3.8, 4) is 6.07 Å². The van der Waals surface area contributed by atoms with Crippen LogP contribution in [0.2, 0.25) is 0 Å². The first-order valence-corrected chi connectivity index (χ1v) is 12.4. The molecule has 1 heterocycles. The minimum absolute atomic E-state index is 0.0165. The standard InChI is InChI=1S/C28H29F4N5O2/c1-18(13-25-35-24(15-34)19(2)26(38)37(25)17-20-7-4-3-5-8-20)16-36(12-6-11-33)27(39)21-9-10-22(23(29)14-21)28(30,31)32/h3-5,7-10,14,18H,6,11-13,16-17,33H2,1-2H3. The molecule has 3 aromatic rings. The van der Waals surface area contributed by atoms with E-state index >= 15 is 0 Å². The quantitative estimate of drug-likeness (QED) is 0.384. The van der Waals surface area contributed by atoms with Crippen molar-refractivity contribution in [3.05, 3.63) is 98.5 Å². The molecule has 206 valence electrons. The maximum absolute atomic E-state index is 14.2. The zero-order valence-electron chi connectivity index (χ0n) is 21.6. The van der Waals surface area contributed by atoms with Crippen LogP contribution in [0.1, 0.15) is 51.9 Å². The van der Waals surface area contributed by atoms with Crippen molar-refractivity contribution in [3.63, 3.8) is 0 Å². The van der Waals surface area contributed by atoms with Gasteiger partial charge in [0.05, 0.1) is 17.7 Å². The second kappa shape index (κ2) is 12.7. The SMILES string of the molecule is Cc1c(C#N)nc(CC(C)CN(CCCN)C(=O)c2ccc(C(F)(F)F)c(F)c2)n(Cc2ccccc2)c1=O. The van der Waals surface area contributed by atoms with Crippen LogP contribution in [-0.4, -0.2) is 40.0 Å². The summed E-state index contributed by atoms with van der Waals surface area (Å²) in [5.41, 5.74) is 4.72. The normalized spacial score (nSPS) is 12.2. The zero-order valence-corrected chi connectivity index (χ0v) is 21.6. The molecule has 1 amide bonds. The molecule has 11 heteroatoms. The lowest BCUT2D eigenvalue weighted by Gasteiger charge is -2.27. The van der Waals surface area contributed by atoms with Crippen molar-refractivity contribution >= 4 is 5.91 Å². The Morgan fingerprint density at radius 1 is 1.21 bits per heavy atom. The van der Waals surface area contributed by atoms with E-state index in [1.54, 1.807) is 6.92 Å². The van der Waals surface area contributed by atoms with Crippen LogP contribution in [0.15, 0.2) is 53.3 Å². The van der Waals surface area contributed by atoms with E-state index in [9.17, 15) is 32.4 Å². The molecular weight excluding hydrogens is 514 g/mol. The summed E-state index contributed by atoms with van der Waals surface area (Å²) >= 11 is 0. The lowest BCUT2D eigenvalue weighted by Crippen LogP contribution is -2.38. The fourth-order valence-electron chi connectivity index (χ4n) is 4.26. The van der Waals surface area contributed by atoms with Crippen LogP contribution in [0.5, 0.6) is 0 Å². The largest absolute Gasteiger partial charge is 0.419 e. The third-order valence-electron chi connectivity index (χ3n) is 6.27. The molecule has 2 N–H and O–H groups in total. The van der Waals surface area contributed by atoms with Gasteiger partial charge in [-0.05, 0) is 49.6 Å². The van der Waals surface area contributed by atoms with Crippen LogP contribution < -0.4 is 11.3 Å². The minimum atomic E-state index is -4.88. The Balaban J connectivity index is 1.89. The first-order chi connectivity index (χ1) is 18.5. The van der Waals surface area contributed by atoms with Gasteiger partial charge in [0.25, 0.3) is 11.5 Å². The molecule has 0 fully saturated rings. The molecule has 39 heavy (non-hydrogen) atoms. The van der Waals surface area contributed by atoms with Crippen LogP contribution in [0.25, 0.3) is 0 Å². The van der Waals surface area contributed by atoms with Gasteiger partial charge in [-0.25, -0.2) is 9.37 Å². The highest BCUT2D eigenvalue weighted by Gasteiger charge is 2.34. The van der Waals surface area contributed by atoms with E-state index < -0.39 is 23.5 Å². The topological polar surface area (TPSA) is 105 Å². The number of rotatable bonds is 10. The molecule has 0 aliphatic carbocycles. The summed E-state index contributed by atoms with van der Waals surface area (Å²) in [6.45, 7) is 4.20. The maximum atomic E-state index is 14.2. The Labute approximate surface area is 223 Å². The first-order valence-electron chi connectivity index (χ1n) is 12.4. The number of nitrogens with zero attached hydrogens (tertiary/aromatic N) is 4. The van der Waals surface area contributed by atoms with Crippen LogP contribution in [0.4, 0.5) is 17.6 Å². The number of carbonyl (C=O) groups excluding carboxylic acids is 1. The Bertz CT molecular complexity index is 1410. The van der Waals surface area contributed by atoms with Gasteiger partial charge in [-0.15, -0.1) is 0 Å². The monoisotopic (exact) mass is 543 g/mol. The Morgan fingerprint density at radius 3 is 2.49 bits per heavy atom. The first kappa shape index (κ1) is 29.5. The summed E-state index contributed by atoms with van der Waals surface area (Å²) in [6, 6.07) is 13.3. The van der Waals surface area contributed by atoms with Crippen LogP contribution in [-0.2, 0) is 19.1 Å². The number of hydrogen-bond acceptors (Lipinski definition) is 5. The van der Waals surface area contributed by atoms with Crippen molar-refractivity contribution < 1.29 is 22.4 Å². The number of benzene rings is 2. The van der Waals surface area contributed by atoms with Crippen molar-refractivity contribution in [2.24, 2.45) is 11.7 Å². The minimum Gasteiger partial charge on any atom is -0.338 e. The highest BCUT2D eigenvalue weighted by atomic mass is 19.4. The number of nitriles is 1. The molecule has 0 bridgehead atoms. The second-order valence-electron chi connectivity index (χ2n) is 9.39. The predicted octanol–water partition coefficient (Wildman–Crippen LogP) is 4.30. The van der Waals surface area contributed by atoms with Gasteiger partial charge in [0.15, 0.2) is 5.69 Å². The Morgan fingerprint density at radius 2 is 1.90 bits per heavy atom. The molecule has 1 aromatic heterocycles. The zero-order chi connectivity index (χ0) is 28.7. The van der Waals surface area contributed by atoms with Crippen molar-refractivity contribution in [1.29, 1.82) is 5.26 Å². The van der Waals surface area contributed by atoms with Gasteiger partial charge in [0.2, 0.25) is 0 Å². The third-order valence-corrected chi connectivity index (χ3v) is 6.27.